The second kappa shape index (κ2) is 7.64. The van der Waals surface area contributed by atoms with Crippen LogP contribution in [-0.4, -0.2) is 10.9 Å². The lowest BCUT2D eigenvalue weighted by Gasteiger charge is -2.12. The van der Waals surface area contributed by atoms with E-state index in [9.17, 15) is 9.59 Å². The van der Waals surface area contributed by atoms with Crippen molar-refractivity contribution < 1.29 is 9.53 Å². The Hall–Kier alpha value is -3.86. The molecule has 0 radical (unpaired) electrons. The number of H-pyrrole nitrogens is 1. The molecule has 2 N–H and O–H groups in total. The molecule has 144 valence electrons. The predicted octanol–water partition coefficient (Wildman–Crippen LogP) is 5.19. The molecule has 3 aromatic carbocycles. The molecule has 1 amide bonds. The summed E-state index contributed by atoms with van der Waals surface area (Å²) in [6, 6.07) is 21.9. The zero-order chi connectivity index (χ0) is 20.4. The van der Waals surface area contributed by atoms with Crippen LogP contribution in [0.2, 0.25) is 0 Å². The van der Waals surface area contributed by atoms with Crippen molar-refractivity contribution in [3.05, 3.63) is 99.8 Å². The fourth-order valence-electron chi connectivity index (χ4n) is 3.20. The highest BCUT2D eigenvalue weighted by Gasteiger charge is 2.14. The van der Waals surface area contributed by atoms with Crippen molar-refractivity contribution in [2.24, 2.45) is 0 Å². The Bertz CT molecular complexity index is 1260. The monoisotopic (exact) mass is 384 g/mol. The third kappa shape index (κ3) is 3.75. The number of nitrogens with one attached hydrogen (secondary N) is 2. The molecule has 4 aromatic rings. The Kier molecular flexibility index (Phi) is 4.87. The number of anilines is 1. The average Bonchev–Trinajstić information content (AvgIpc) is 2.73. The maximum absolute atomic E-state index is 12.9. The molecule has 1 heterocycles. The Morgan fingerprint density at radius 3 is 2.41 bits per heavy atom. The number of hydrogen-bond acceptors (Lipinski definition) is 3. The van der Waals surface area contributed by atoms with E-state index in [1.807, 2.05) is 55.5 Å². The number of ether oxygens (including phenoxy) is 1. The van der Waals surface area contributed by atoms with E-state index in [0.29, 0.717) is 33.8 Å². The second-order valence-corrected chi connectivity index (χ2v) is 6.83. The molecule has 0 aliphatic rings. The summed E-state index contributed by atoms with van der Waals surface area (Å²) >= 11 is 0. The van der Waals surface area contributed by atoms with Gasteiger partial charge < -0.3 is 15.0 Å². The quantitative estimate of drug-likeness (QED) is 0.509. The molecule has 0 aliphatic carbocycles. The van der Waals surface area contributed by atoms with Gasteiger partial charge in [-0.2, -0.15) is 0 Å². The van der Waals surface area contributed by atoms with E-state index >= 15 is 0 Å². The Morgan fingerprint density at radius 1 is 0.897 bits per heavy atom. The first-order chi connectivity index (χ1) is 14.0. The highest BCUT2D eigenvalue weighted by Crippen LogP contribution is 2.27. The smallest absolute Gasteiger partial charge is 0.259 e. The number of benzene rings is 3. The molecule has 0 unspecified atom stereocenters. The number of pyridine rings is 1. The van der Waals surface area contributed by atoms with Gasteiger partial charge in [0, 0.05) is 16.6 Å². The van der Waals surface area contributed by atoms with E-state index in [0.717, 1.165) is 10.9 Å². The van der Waals surface area contributed by atoms with Crippen molar-refractivity contribution in [3.8, 4) is 11.5 Å². The van der Waals surface area contributed by atoms with Gasteiger partial charge in [-0.1, -0.05) is 36.4 Å². The van der Waals surface area contributed by atoms with Gasteiger partial charge in [0.1, 0.15) is 11.5 Å². The molecule has 0 saturated carbocycles. The number of fused-ring (bicyclic) bond motifs is 1. The number of rotatable bonds is 4. The summed E-state index contributed by atoms with van der Waals surface area (Å²) in [5, 5.41) is 3.84. The number of carbonyl (C=O) groups is 1. The van der Waals surface area contributed by atoms with Crippen LogP contribution in [0.3, 0.4) is 0 Å². The molecule has 0 fully saturated rings. The summed E-state index contributed by atoms with van der Waals surface area (Å²) in [6.07, 6.45) is 0. The van der Waals surface area contributed by atoms with Gasteiger partial charge in [-0.15, -0.1) is 0 Å². The van der Waals surface area contributed by atoms with Crippen molar-refractivity contribution in [1.29, 1.82) is 0 Å². The molecule has 0 atom stereocenters. The van der Waals surface area contributed by atoms with Crippen molar-refractivity contribution in [2.45, 2.75) is 13.8 Å². The standard InChI is InChI=1S/C24H20N2O3/c1-15-16(2)23(27)26-21-14-17(12-13-19(15)21)25-24(28)20-10-6-7-11-22(20)29-18-8-4-3-5-9-18/h3-14H,1-2H3,(H,25,28)(H,26,27). The van der Waals surface area contributed by atoms with Crippen molar-refractivity contribution >= 4 is 22.5 Å². The largest absolute Gasteiger partial charge is 0.457 e. The normalized spacial score (nSPS) is 10.7. The highest BCUT2D eigenvalue weighted by atomic mass is 16.5. The molecule has 1 aromatic heterocycles. The summed E-state index contributed by atoms with van der Waals surface area (Å²) < 4.78 is 5.87. The number of aryl methyl sites for hydroxylation is 1. The minimum absolute atomic E-state index is 0.125. The maximum Gasteiger partial charge on any atom is 0.259 e. The summed E-state index contributed by atoms with van der Waals surface area (Å²) in [6.45, 7) is 3.72. The highest BCUT2D eigenvalue weighted by molar-refractivity contribution is 6.07. The molecule has 5 nitrogen and oxygen atoms in total. The van der Waals surface area contributed by atoms with E-state index < -0.39 is 0 Å². The SMILES string of the molecule is Cc1c(C)c2ccc(NC(=O)c3ccccc3Oc3ccccc3)cc2[nH]c1=O. The van der Waals surface area contributed by atoms with Crippen LogP contribution in [0.4, 0.5) is 5.69 Å². The Balaban J connectivity index is 1.63. The van der Waals surface area contributed by atoms with Gasteiger partial charge in [-0.05, 0) is 55.8 Å². The summed E-state index contributed by atoms with van der Waals surface area (Å²) in [5.74, 6) is 0.834. The number of hydrogen-bond donors (Lipinski definition) is 2. The van der Waals surface area contributed by atoms with Crippen LogP contribution in [-0.2, 0) is 0 Å². The predicted molar refractivity (Wildman–Crippen MR) is 115 cm³/mol. The van der Waals surface area contributed by atoms with Crippen LogP contribution in [0.15, 0.2) is 77.6 Å². The number of aromatic nitrogens is 1. The van der Waals surface area contributed by atoms with Crippen LogP contribution in [0.25, 0.3) is 10.9 Å². The molecule has 0 spiro atoms. The summed E-state index contributed by atoms with van der Waals surface area (Å²) in [4.78, 5) is 27.8. The molecule has 0 bridgehead atoms. The van der Waals surface area contributed by atoms with Crippen LogP contribution >= 0.6 is 0 Å². The van der Waals surface area contributed by atoms with Crippen LogP contribution in [0.1, 0.15) is 21.5 Å². The minimum Gasteiger partial charge on any atom is -0.457 e. The van der Waals surface area contributed by atoms with Gasteiger partial charge in [-0.25, -0.2) is 0 Å². The van der Waals surface area contributed by atoms with Crippen molar-refractivity contribution in [1.82, 2.24) is 4.98 Å². The van der Waals surface area contributed by atoms with Crippen LogP contribution in [0, 0.1) is 13.8 Å². The van der Waals surface area contributed by atoms with E-state index in [-0.39, 0.29) is 11.5 Å². The van der Waals surface area contributed by atoms with Crippen molar-refractivity contribution in [3.63, 3.8) is 0 Å². The van der Waals surface area contributed by atoms with Gasteiger partial charge in [0.2, 0.25) is 0 Å². The van der Waals surface area contributed by atoms with Gasteiger partial charge in [-0.3, -0.25) is 9.59 Å². The molecule has 0 saturated heterocycles. The third-order valence-electron chi connectivity index (χ3n) is 4.94. The third-order valence-corrected chi connectivity index (χ3v) is 4.94. The maximum atomic E-state index is 12.9. The van der Waals surface area contributed by atoms with E-state index in [4.69, 9.17) is 4.74 Å². The number of amides is 1. The lowest BCUT2D eigenvalue weighted by Crippen LogP contribution is -2.14. The first-order valence-corrected chi connectivity index (χ1v) is 9.29. The molecule has 5 heteroatoms. The molecular weight excluding hydrogens is 364 g/mol. The van der Waals surface area contributed by atoms with Gasteiger partial charge in [0.25, 0.3) is 11.5 Å². The second-order valence-electron chi connectivity index (χ2n) is 6.83. The molecule has 29 heavy (non-hydrogen) atoms. The molecular formula is C24H20N2O3. The summed E-state index contributed by atoms with van der Waals surface area (Å²) in [5.41, 5.74) is 3.20. The van der Waals surface area contributed by atoms with E-state index in [1.54, 1.807) is 31.2 Å². The van der Waals surface area contributed by atoms with E-state index in [2.05, 4.69) is 10.3 Å². The number of aromatic amines is 1. The van der Waals surface area contributed by atoms with Crippen LogP contribution in [0.5, 0.6) is 11.5 Å². The molecule has 4 rings (SSSR count). The zero-order valence-electron chi connectivity index (χ0n) is 16.2. The fraction of sp³-hybridized carbons (Fsp3) is 0.0833. The topological polar surface area (TPSA) is 71.2 Å². The number of carbonyl (C=O) groups excluding carboxylic acids is 1. The minimum atomic E-state index is -0.290. The van der Waals surface area contributed by atoms with Gasteiger partial charge in [0.05, 0.1) is 11.1 Å². The van der Waals surface area contributed by atoms with E-state index in [1.165, 1.54) is 0 Å². The molecule has 0 aliphatic heterocycles. The van der Waals surface area contributed by atoms with Gasteiger partial charge in [0.15, 0.2) is 0 Å². The average molecular weight is 384 g/mol. The lowest BCUT2D eigenvalue weighted by molar-refractivity contribution is 0.102. The summed E-state index contributed by atoms with van der Waals surface area (Å²) in [7, 11) is 0. The fourth-order valence-corrected chi connectivity index (χ4v) is 3.20. The lowest BCUT2D eigenvalue weighted by atomic mass is 10.1. The first kappa shape index (κ1) is 18.5. The number of para-hydroxylation sites is 2. The Labute approximate surface area is 168 Å². The van der Waals surface area contributed by atoms with Crippen LogP contribution < -0.4 is 15.6 Å². The first-order valence-electron chi connectivity index (χ1n) is 9.29. The zero-order valence-corrected chi connectivity index (χ0v) is 16.2. The Morgan fingerprint density at radius 2 is 1.62 bits per heavy atom. The van der Waals surface area contributed by atoms with Crippen molar-refractivity contribution in [2.75, 3.05) is 5.32 Å². The van der Waals surface area contributed by atoms with Gasteiger partial charge >= 0.3 is 0 Å².